The van der Waals surface area contributed by atoms with E-state index in [0.717, 1.165) is 18.5 Å². The normalized spacial score (nSPS) is 23.2. The first kappa shape index (κ1) is 14.9. The fourth-order valence-electron chi connectivity index (χ4n) is 3.00. The predicted molar refractivity (Wildman–Crippen MR) is 79.8 cm³/mol. The lowest BCUT2D eigenvalue weighted by atomic mass is 10.0. The molecule has 0 radical (unpaired) electrons. The molecule has 0 aromatic heterocycles. The van der Waals surface area contributed by atoms with Crippen molar-refractivity contribution >= 4 is 23.2 Å². The first-order valence-electron chi connectivity index (χ1n) is 6.60. The maximum Gasteiger partial charge on any atom is 0.138 e. The fraction of sp³-hybridized carbons (Fsp3) is 0.571. The number of benzene rings is 1. The summed E-state index contributed by atoms with van der Waals surface area (Å²) >= 11 is 11.9. The van der Waals surface area contributed by atoms with E-state index in [4.69, 9.17) is 28.9 Å². The van der Waals surface area contributed by atoms with Crippen LogP contribution in [0.15, 0.2) is 12.1 Å². The van der Waals surface area contributed by atoms with E-state index < -0.39 is 0 Å². The van der Waals surface area contributed by atoms with Gasteiger partial charge in [0.2, 0.25) is 0 Å². The second-order valence-corrected chi connectivity index (χ2v) is 6.15. The Morgan fingerprint density at radius 3 is 2.79 bits per heavy atom. The molecule has 3 nitrogen and oxygen atoms in total. The molecule has 1 saturated carbocycles. The zero-order valence-electron chi connectivity index (χ0n) is 11.1. The molecule has 2 rings (SSSR count). The van der Waals surface area contributed by atoms with E-state index in [1.54, 1.807) is 12.1 Å². The molecule has 3 N–H and O–H groups in total. The predicted octanol–water partition coefficient (Wildman–Crippen LogP) is 3.26. The fourth-order valence-corrected chi connectivity index (χ4v) is 3.53. The Morgan fingerprint density at radius 2 is 2.11 bits per heavy atom. The van der Waals surface area contributed by atoms with Gasteiger partial charge in [-0.1, -0.05) is 29.6 Å². The molecule has 19 heavy (non-hydrogen) atoms. The number of phenols is 1. The van der Waals surface area contributed by atoms with Crippen molar-refractivity contribution in [1.82, 2.24) is 4.90 Å². The minimum atomic E-state index is 0.125. The summed E-state index contributed by atoms with van der Waals surface area (Å²) in [6, 6.07) is 3.80. The van der Waals surface area contributed by atoms with E-state index >= 15 is 0 Å². The van der Waals surface area contributed by atoms with Gasteiger partial charge >= 0.3 is 0 Å². The maximum absolute atomic E-state index is 9.99. The lowest BCUT2D eigenvalue weighted by Gasteiger charge is -2.29. The molecule has 0 heterocycles. The number of halogens is 2. The van der Waals surface area contributed by atoms with Gasteiger partial charge in [-0.3, -0.25) is 4.90 Å². The Morgan fingerprint density at radius 1 is 1.37 bits per heavy atom. The first-order chi connectivity index (χ1) is 9.02. The standard InChI is InChI=1S/C14H20Cl2N2O/c1-18(13-4-2-3-9(13)7-17)8-10-5-11(15)6-12(16)14(10)19/h5-6,9,13,19H,2-4,7-8,17H2,1H3. The molecule has 2 atom stereocenters. The SMILES string of the molecule is CN(Cc1cc(Cl)cc(Cl)c1O)C1CCCC1CN. The van der Waals surface area contributed by atoms with Gasteiger partial charge in [-0.05, 0) is 44.5 Å². The van der Waals surface area contributed by atoms with Crippen molar-refractivity contribution in [2.45, 2.75) is 31.8 Å². The third-order valence-electron chi connectivity index (χ3n) is 4.01. The van der Waals surface area contributed by atoms with Crippen LogP contribution in [0.25, 0.3) is 0 Å². The molecule has 0 amide bonds. The lowest BCUT2D eigenvalue weighted by Crippen LogP contribution is -2.37. The average molecular weight is 303 g/mol. The van der Waals surface area contributed by atoms with E-state index in [1.165, 1.54) is 12.8 Å². The van der Waals surface area contributed by atoms with Crippen molar-refractivity contribution in [1.29, 1.82) is 0 Å². The van der Waals surface area contributed by atoms with Crippen LogP contribution in [0.5, 0.6) is 5.75 Å². The van der Waals surface area contributed by atoms with Gasteiger partial charge in [0.1, 0.15) is 5.75 Å². The molecular formula is C14H20Cl2N2O. The molecule has 0 spiro atoms. The number of hydrogen-bond acceptors (Lipinski definition) is 3. The zero-order chi connectivity index (χ0) is 14.0. The summed E-state index contributed by atoms with van der Waals surface area (Å²) in [5, 5.41) is 10.8. The Labute approximate surface area is 124 Å². The summed E-state index contributed by atoms with van der Waals surface area (Å²) in [6.45, 7) is 1.35. The van der Waals surface area contributed by atoms with Gasteiger partial charge in [-0.15, -0.1) is 0 Å². The van der Waals surface area contributed by atoms with Crippen molar-refractivity contribution in [3.8, 4) is 5.75 Å². The minimum absolute atomic E-state index is 0.125. The summed E-state index contributed by atoms with van der Waals surface area (Å²) < 4.78 is 0. The van der Waals surface area contributed by atoms with Gasteiger partial charge in [0, 0.05) is 23.2 Å². The van der Waals surface area contributed by atoms with E-state index in [2.05, 4.69) is 11.9 Å². The highest BCUT2D eigenvalue weighted by Gasteiger charge is 2.29. The monoisotopic (exact) mass is 302 g/mol. The smallest absolute Gasteiger partial charge is 0.138 e. The van der Waals surface area contributed by atoms with Crippen LogP contribution in [0.1, 0.15) is 24.8 Å². The number of nitrogens with two attached hydrogens (primary N) is 1. The Hall–Kier alpha value is -0.480. The van der Waals surface area contributed by atoms with Gasteiger partial charge in [0.15, 0.2) is 0 Å². The molecule has 106 valence electrons. The quantitative estimate of drug-likeness (QED) is 0.897. The van der Waals surface area contributed by atoms with Crippen molar-refractivity contribution < 1.29 is 5.11 Å². The third kappa shape index (κ3) is 3.34. The summed E-state index contributed by atoms with van der Waals surface area (Å²) in [4.78, 5) is 2.24. The van der Waals surface area contributed by atoms with Crippen LogP contribution in [-0.4, -0.2) is 29.6 Å². The van der Waals surface area contributed by atoms with Gasteiger partial charge < -0.3 is 10.8 Å². The molecule has 1 aliphatic carbocycles. The van der Waals surface area contributed by atoms with E-state index in [-0.39, 0.29) is 5.75 Å². The van der Waals surface area contributed by atoms with Crippen LogP contribution in [0.2, 0.25) is 10.0 Å². The van der Waals surface area contributed by atoms with Crippen molar-refractivity contribution in [2.24, 2.45) is 11.7 Å². The highest BCUT2D eigenvalue weighted by Crippen LogP contribution is 2.34. The van der Waals surface area contributed by atoms with Gasteiger partial charge in [0.05, 0.1) is 5.02 Å². The van der Waals surface area contributed by atoms with E-state index in [9.17, 15) is 5.11 Å². The molecule has 2 unspecified atom stereocenters. The maximum atomic E-state index is 9.99. The molecule has 1 aromatic carbocycles. The number of aromatic hydroxyl groups is 1. The molecule has 5 heteroatoms. The van der Waals surface area contributed by atoms with Crippen LogP contribution in [-0.2, 0) is 6.54 Å². The summed E-state index contributed by atoms with van der Waals surface area (Å²) in [6.07, 6.45) is 3.57. The molecule has 1 aliphatic rings. The van der Waals surface area contributed by atoms with Crippen LogP contribution in [0, 0.1) is 5.92 Å². The van der Waals surface area contributed by atoms with Crippen molar-refractivity contribution in [2.75, 3.05) is 13.6 Å². The number of nitrogens with zero attached hydrogens (tertiary/aromatic N) is 1. The highest BCUT2D eigenvalue weighted by molar-refractivity contribution is 6.35. The highest BCUT2D eigenvalue weighted by atomic mass is 35.5. The van der Waals surface area contributed by atoms with E-state index in [0.29, 0.717) is 28.5 Å². The molecule has 0 bridgehead atoms. The molecule has 0 saturated heterocycles. The second kappa shape index (κ2) is 6.31. The Kier molecular flexibility index (Phi) is 4.96. The number of rotatable bonds is 4. The number of phenolic OH excluding ortho intramolecular Hbond substituents is 1. The van der Waals surface area contributed by atoms with Gasteiger partial charge in [-0.2, -0.15) is 0 Å². The van der Waals surface area contributed by atoms with E-state index in [1.807, 2.05) is 0 Å². The summed E-state index contributed by atoms with van der Waals surface area (Å²) in [5.74, 6) is 0.669. The lowest BCUT2D eigenvalue weighted by molar-refractivity contribution is 0.191. The van der Waals surface area contributed by atoms with Crippen molar-refractivity contribution in [3.63, 3.8) is 0 Å². The zero-order valence-corrected chi connectivity index (χ0v) is 12.6. The summed E-state index contributed by atoms with van der Waals surface area (Å²) in [5.41, 5.74) is 6.58. The average Bonchev–Trinajstić information content (AvgIpc) is 2.83. The Balaban J connectivity index is 2.12. The van der Waals surface area contributed by atoms with Crippen LogP contribution >= 0.6 is 23.2 Å². The van der Waals surface area contributed by atoms with Gasteiger partial charge in [0.25, 0.3) is 0 Å². The first-order valence-corrected chi connectivity index (χ1v) is 7.35. The second-order valence-electron chi connectivity index (χ2n) is 5.30. The minimum Gasteiger partial charge on any atom is -0.506 e. The number of hydrogen-bond donors (Lipinski definition) is 2. The summed E-state index contributed by atoms with van der Waals surface area (Å²) in [7, 11) is 2.06. The van der Waals surface area contributed by atoms with Crippen LogP contribution in [0.4, 0.5) is 0 Å². The van der Waals surface area contributed by atoms with Crippen LogP contribution < -0.4 is 5.73 Å². The Bertz CT molecular complexity index is 453. The topological polar surface area (TPSA) is 49.5 Å². The molecule has 1 fully saturated rings. The molecule has 0 aliphatic heterocycles. The third-order valence-corrected chi connectivity index (χ3v) is 4.52. The molecular weight excluding hydrogens is 283 g/mol. The van der Waals surface area contributed by atoms with Gasteiger partial charge in [-0.25, -0.2) is 0 Å². The van der Waals surface area contributed by atoms with Crippen LogP contribution in [0.3, 0.4) is 0 Å². The largest absolute Gasteiger partial charge is 0.506 e. The van der Waals surface area contributed by atoms with Crippen molar-refractivity contribution in [3.05, 3.63) is 27.7 Å². The molecule has 1 aromatic rings.